The van der Waals surface area contributed by atoms with Crippen LogP contribution in [0.25, 0.3) is 11.2 Å². The molecule has 0 spiro atoms. The highest BCUT2D eigenvalue weighted by Gasteiger charge is 2.27. The zero-order chi connectivity index (χ0) is 26.0. The number of nitrogens with two attached hydrogens (primary N) is 1. The van der Waals surface area contributed by atoms with Crippen molar-refractivity contribution < 1.29 is 9.63 Å². The smallest absolute Gasteiger partial charge is 0.365 e. The molecule has 11 heteroatoms. The molecule has 2 aliphatic carbocycles. The lowest BCUT2D eigenvalue weighted by atomic mass is 9.92. The van der Waals surface area contributed by atoms with Gasteiger partial charge in [0.2, 0.25) is 5.95 Å². The molecule has 3 fully saturated rings. The Morgan fingerprint density at radius 2 is 1.65 bits per heavy atom. The van der Waals surface area contributed by atoms with Gasteiger partial charge in [-0.15, -0.1) is 5.06 Å². The summed E-state index contributed by atoms with van der Waals surface area (Å²) in [5, 5.41) is 11.8. The molecule has 2 saturated carbocycles. The van der Waals surface area contributed by atoms with Crippen LogP contribution in [-0.2, 0) is 4.84 Å². The van der Waals surface area contributed by atoms with E-state index in [1.807, 2.05) is 27.1 Å². The van der Waals surface area contributed by atoms with Gasteiger partial charge in [-0.2, -0.15) is 9.97 Å². The average molecular weight is 514 g/mol. The zero-order valence-electron chi connectivity index (χ0n) is 22.5. The van der Waals surface area contributed by atoms with Crippen molar-refractivity contribution >= 4 is 29.0 Å². The normalized spacial score (nSPS) is 24.3. The fourth-order valence-corrected chi connectivity index (χ4v) is 5.71. The number of imidazole rings is 1. The standard InChI is InChI=1S/C26H43N9O2/c1-26(2,3)33-25(36)37-34-14-12-19(13-15-34)29-22-21-23(35(16-28-21)20-6-4-5-7-20)32-24(31-22)30-18-10-8-17(27)9-11-18/h16-20H,4-15,27H2,1-3H3,(H,33,36)(H2,29,30,31,32). The quantitative estimate of drug-likeness (QED) is 0.453. The molecule has 11 nitrogen and oxygen atoms in total. The van der Waals surface area contributed by atoms with Gasteiger partial charge >= 0.3 is 6.09 Å². The Morgan fingerprint density at radius 1 is 0.973 bits per heavy atom. The summed E-state index contributed by atoms with van der Waals surface area (Å²) in [6.45, 7) is 7.13. The average Bonchev–Trinajstić information content (AvgIpc) is 3.51. The van der Waals surface area contributed by atoms with Crippen molar-refractivity contribution in [1.29, 1.82) is 0 Å². The maximum atomic E-state index is 12.1. The largest absolute Gasteiger partial charge is 0.426 e. The first-order chi connectivity index (χ1) is 17.7. The molecule has 204 valence electrons. The second-order valence-electron chi connectivity index (χ2n) is 12.0. The molecular weight excluding hydrogens is 470 g/mol. The Bertz CT molecular complexity index is 1060. The van der Waals surface area contributed by atoms with Crippen LogP contribution in [-0.4, -0.2) is 67.4 Å². The van der Waals surface area contributed by atoms with Crippen molar-refractivity contribution in [2.75, 3.05) is 23.7 Å². The number of hydroxylamine groups is 2. The number of amides is 1. The van der Waals surface area contributed by atoms with E-state index >= 15 is 0 Å². The van der Waals surface area contributed by atoms with Crippen LogP contribution >= 0.6 is 0 Å². The van der Waals surface area contributed by atoms with Crippen molar-refractivity contribution in [2.45, 2.75) is 115 Å². The van der Waals surface area contributed by atoms with Crippen LogP contribution in [0.2, 0.25) is 0 Å². The zero-order valence-corrected chi connectivity index (χ0v) is 22.5. The third-order valence-electron chi connectivity index (χ3n) is 7.73. The summed E-state index contributed by atoms with van der Waals surface area (Å²) in [5.74, 6) is 1.44. The van der Waals surface area contributed by atoms with Crippen molar-refractivity contribution in [1.82, 2.24) is 29.9 Å². The predicted molar refractivity (Wildman–Crippen MR) is 144 cm³/mol. The minimum Gasteiger partial charge on any atom is -0.365 e. The van der Waals surface area contributed by atoms with Gasteiger partial charge in [0.25, 0.3) is 0 Å². The molecule has 3 heterocycles. The molecule has 0 unspecified atom stereocenters. The van der Waals surface area contributed by atoms with Gasteiger partial charge in [0.15, 0.2) is 17.0 Å². The first-order valence-corrected chi connectivity index (χ1v) is 14.0. The fraction of sp³-hybridized carbons (Fsp3) is 0.769. The molecular formula is C26H43N9O2. The van der Waals surface area contributed by atoms with Crippen molar-refractivity contribution in [3.63, 3.8) is 0 Å². The fourth-order valence-electron chi connectivity index (χ4n) is 5.71. The van der Waals surface area contributed by atoms with E-state index in [0.717, 1.165) is 55.5 Å². The molecule has 5 rings (SSSR count). The van der Waals surface area contributed by atoms with Crippen molar-refractivity contribution in [3.05, 3.63) is 6.33 Å². The number of fused-ring (bicyclic) bond motifs is 1. The lowest BCUT2D eigenvalue weighted by molar-refractivity contribution is -0.113. The van der Waals surface area contributed by atoms with Gasteiger partial charge in [-0.05, 0) is 72.1 Å². The number of anilines is 2. The first-order valence-electron chi connectivity index (χ1n) is 14.0. The number of nitrogens with one attached hydrogen (secondary N) is 3. The number of piperidine rings is 1. The number of hydrogen-bond acceptors (Lipinski definition) is 9. The van der Waals surface area contributed by atoms with E-state index in [4.69, 9.17) is 25.5 Å². The predicted octanol–water partition coefficient (Wildman–Crippen LogP) is 3.94. The van der Waals surface area contributed by atoms with Crippen LogP contribution in [0.3, 0.4) is 0 Å². The molecule has 37 heavy (non-hydrogen) atoms. The first kappa shape index (κ1) is 26.0. The molecule has 2 aromatic heterocycles. The summed E-state index contributed by atoms with van der Waals surface area (Å²) in [7, 11) is 0. The van der Waals surface area contributed by atoms with E-state index < -0.39 is 6.09 Å². The molecule has 0 radical (unpaired) electrons. The maximum Gasteiger partial charge on any atom is 0.426 e. The van der Waals surface area contributed by atoms with Gasteiger partial charge < -0.3 is 31.1 Å². The van der Waals surface area contributed by atoms with Gasteiger partial charge in [-0.25, -0.2) is 9.78 Å². The molecule has 0 aromatic carbocycles. The Balaban J connectivity index is 1.29. The Hall–Kier alpha value is -2.66. The molecule has 0 bridgehead atoms. The number of nitrogens with zero attached hydrogens (tertiary/aromatic N) is 5. The van der Waals surface area contributed by atoms with Crippen LogP contribution in [0.1, 0.15) is 91.0 Å². The number of hydrogen-bond donors (Lipinski definition) is 4. The van der Waals surface area contributed by atoms with E-state index in [1.165, 1.54) is 25.7 Å². The summed E-state index contributed by atoms with van der Waals surface area (Å²) < 4.78 is 2.25. The number of carbonyl (C=O) groups is 1. The van der Waals surface area contributed by atoms with Gasteiger partial charge in [0.1, 0.15) is 0 Å². The molecule has 1 aliphatic heterocycles. The molecule has 5 N–H and O–H groups in total. The SMILES string of the molecule is CC(C)(C)NC(=O)ON1CCC(Nc2nc(NC3CCC(N)CC3)nc3c2ncn3C2CCCC2)CC1. The van der Waals surface area contributed by atoms with E-state index in [2.05, 4.69) is 20.5 Å². The van der Waals surface area contributed by atoms with Crippen LogP contribution in [0.5, 0.6) is 0 Å². The summed E-state index contributed by atoms with van der Waals surface area (Å²) in [4.78, 5) is 32.3. The Kier molecular flexibility index (Phi) is 7.71. The monoisotopic (exact) mass is 513 g/mol. The topological polar surface area (TPSA) is 135 Å². The summed E-state index contributed by atoms with van der Waals surface area (Å²) >= 11 is 0. The summed E-state index contributed by atoms with van der Waals surface area (Å²) in [5.41, 5.74) is 7.52. The molecule has 3 aliphatic rings. The number of carbonyl (C=O) groups excluding carboxylic acids is 1. The van der Waals surface area contributed by atoms with Crippen molar-refractivity contribution in [3.8, 4) is 0 Å². The van der Waals surface area contributed by atoms with E-state index in [-0.39, 0.29) is 11.6 Å². The molecule has 1 saturated heterocycles. The minimum absolute atomic E-state index is 0.209. The second kappa shape index (κ2) is 11.0. The van der Waals surface area contributed by atoms with E-state index in [9.17, 15) is 4.79 Å². The number of aromatic nitrogens is 4. The van der Waals surface area contributed by atoms with E-state index in [1.54, 1.807) is 5.06 Å². The highest BCUT2D eigenvalue weighted by atomic mass is 16.7. The Morgan fingerprint density at radius 3 is 2.32 bits per heavy atom. The third kappa shape index (κ3) is 6.62. The van der Waals surface area contributed by atoms with Crippen LogP contribution in [0.15, 0.2) is 6.33 Å². The highest BCUT2D eigenvalue weighted by Crippen LogP contribution is 2.34. The summed E-state index contributed by atoms with van der Waals surface area (Å²) in [6.07, 6.45) is 12.2. The molecule has 1 amide bonds. The van der Waals surface area contributed by atoms with Gasteiger partial charge in [-0.1, -0.05) is 12.8 Å². The van der Waals surface area contributed by atoms with E-state index in [0.29, 0.717) is 37.2 Å². The number of rotatable bonds is 6. The lowest BCUT2D eigenvalue weighted by Gasteiger charge is -2.32. The third-order valence-corrected chi connectivity index (χ3v) is 7.73. The highest BCUT2D eigenvalue weighted by molar-refractivity contribution is 5.84. The van der Waals surface area contributed by atoms with Crippen LogP contribution in [0.4, 0.5) is 16.6 Å². The molecule has 2 aromatic rings. The summed E-state index contributed by atoms with van der Waals surface area (Å²) in [6, 6.07) is 1.30. The lowest BCUT2D eigenvalue weighted by Crippen LogP contribution is -2.46. The minimum atomic E-state index is -0.409. The van der Waals surface area contributed by atoms with Gasteiger partial charge in [0.05, 0.1) is 6.33 Å². The second-order valence-corrected chi connectivity index (χ2v) is 12.0. The maximum absolute atomic E-state index is 12.1. The van der Waals surface area contributed by atoms with Gasteiger partial charge in [0, 0.05) is 42.8 Å². The van der Waals surface area contributed by atoms with Crippen molar-refractivity contribution in [2.24, 2.45) is 5.73 Å². The Labute approximate surface area is 219 Å². The van der Waals surface area contributed by atoms with Crippen LogP contribution < -0.4 is 21.7 Å². The molecule has 0 atom stereocenters. The van der Waals surface area contributed by atoms with Gasteiger partial charge in [-0.3, -0.25) is 0 Å². The van der Waals surface area contributed by atoms with Crippen LogP contribution in [0, 0.1) is 0 Å².